The molecular formula is C15H18FN3O. The molecule has 20 heavy (non-hydrogen) atoms. The van der Waals surface area contributed by atoms with Crippen LogP contribution in [0.2, 0.25) is 0 Å². The zero-order valence-electron chi connectivity index (χ0n) is 11.7. The topological polar surface area (TPSA) is 56.1 Å². The highest BCUT2D eigenvalue weighted by atomic mass is 19.1. The van der Waals surface area contributed by atoms with E-state index in [2.05, 4.69) is 5.32 Å². The Balaban J connectivity index is 2.24. The molecule has 1 saturated heterocycles. The lowest BCUT2D eigenvalue weighted by atomic mass is 10.0. The molecule has 0 spiro atoms. The first-order chi connectivity index (χ1) is 9.52. The highest BCUT2D eigenvalue weighted by Crippen LogP contribution is 2.25. The molecule has 1 atom stereocenters. The summed E-state index contributed by atoms with van der Waals surface area (Å²) in [5.41, 5.74) is 0.511. The number of benzene rings is 1. The molecular weight excluding hydrogens is 257 g/mol. The predicted molar refractivity (Wildman–Crippen MR) is 74.8 cm³/mol. The van der Waals surface area contributed by atoms with E-state index in [-0.39, 0.29) is 29.2 Å². The number of halogens is 1. The number of rotatable bonds is 3. The predicted octanol–water partition coefficient (Wildman–Crippen LogP) is 2.19. The highest BCUT2D eigenvalue weighted by Gasteiger charge is 2.31. The Hall–Kier alpha value is -1.93. The first kappa shape index (κ1) is 14.5. The number of piperidine rings is 1. The maximum atomic E-state index is 14.0. The molecule has 0 bridgehead atoms. The van der Waals surface area contributed by atoms with Gasteiger partial charge in [0.2, 0.25) is 5.91 Å². The third-order valence-corrected chi connectivity index (χ3v) is 3.34. The van der Waals surface area contributed by atoms with Crippen molar-refractivity contribution in [3.8, 4) is 6.07 Å². The van der Waals surface area contributed by atoms with Gasteiger partial charge in [-0.2, -0.15) is 5.26 Å². The average molecular weight is 275 g/mol. The summed E-state index contributed by atoms with van der Waals surface area (Å²) in [4.78, 5) is 13.9. The van der Waals surface area contributed by atoms with Crippen molar-refractivity contribution in [2.24, 2.45) is 0 Å². The standard InChI is InChI=1S/C15H18FN3O/c1-10(2)18-13-4-3-7-19(15(13)20)14-6-5-11(9-17)8-12(14)16/h5-6,8,10,13,18H,3-4,7H2,1-2H3. The summed E-state index contributed by atoms with van der Waals surface area (Å²) in [6.07, 6.45) is 1.60. The smallest absolute Gasteiger partial charge is 0.244 e. The van der Waals surface area contributed by atoms with Gasteiger partial charge >= 0.3 is 0 Å². The van der Waals surface area contributed by atoms with Crippen LogP contribution in [0.3, 0.4) is 0 Å². The fraction of sp³-hybridized carbons (Fsp3) is 0.467. The SMILES string of the molecule is CC(C)NC1CCCN(c2ccc(C#N)cc2F)C1=O. The summed E-state index contributed by atoms with van der Waals surface area (Å²) in [6.45, 7) is 4.47. The number of nitriles is 1. The molecule has 106 valence electrons. The lowest BCUT2D eigenvalue weighted by molar-refractivity contribution is -0.122. The van der Waals surface area contributed by atoms with Crippen LogP contribution in [-0.4, -0.2) is 24.5 Å². The van der Waals surface area contributed by atoms with Gasteiger partial charge in [-0.05, 0) is 31.0 Å². The number of amides is 1. The summed E-state index contributed by atoms with van der Waals surface area (Å²) in [5, 5.41) is 12.0. The van der Waals surface area contributed by atoms with Crippen LogP contribution < -0.4 is 10.2 Å². The second-order valence-electron chi connectivity index (χ2n) is 5.28. The van der Waals surface area contributed by atoms with E-state index >= 15 is 0 Å². The van der Waals surface area contributed by atoms with Gasteiger partial charge in [-0.3, -0.25) is 4.79 Å². The Morgan fingerprint density at radius 3 is 2.85 bits per heavy atom. The zero-order valence-corrected chi connectivity index (χ0v) is 11.7. The minimum Gasteiger partial charge on any atom is -0.308 e. The molecule has 1 aromatic carbocycles. The van der Waals surface area contributed by atoms with Crippen LogP contribution in [-0.2, 0) is 4.79 Å². The van der Waals surface area contributed by atoms with Gasteiger partial charge < -0.3 is 10.2 Å². The van der Waals surface area contributed by atoms with Crippen molar-refractivity contribution in [1.82, 2.24) is 5.32 Å². The number of hydrogen-bond donors (Lipinski definition) is 1. The lowest BCUT2D eigenvalue weighted by Gasteiger charge is -2.33. The first-order valence-corrected chi connectivity index (χ1v) is 6.80. The molecule has 4 nitrogen and oxygen atoms in total. The summed E-state index contributed by atoms with van der Waals surface area (Å²) in [7, 11) is 0. The summed E-state index contributed by atoms with van der Waals surface area (Å²) in [5.74, 6) is -0.629. The van der Waals surface area contributed by atoms with Crippen molar-refractivity contribution in [3.05, 3.63) is 29.6 Å². The molecule has 2 rings (SSSR count). The van der Waals surface area contributed by atoms with Gasteiger partial charge in [0.15, 0.2) is 0 Å². The normalized spacial score (nSPS) is 19.2. The molecule has 0 saturated carbocycles. The number of hydrogen-bond acceptors (Lipinski definition) is 3. The maximum Gasteiger partial charge on any atom is 0.244 e. The molecule has 1 fully saturated rings. The van der Waals surface area contributed by atoms with Gasteiger partial charge in [0.1, 0.15) is 5.82 Å². The number of carbonyl (C=O) groups excluding carboxylic acids is 1. The van der Waals surface area contributed by atoms with Gasteiger partial charge in [-0.25, -0.2) is 4.39 Å². The number of anilines is 1. The van der Waals surface area contributed by atoms with Crippen LogP contribution in [0.1, 0.15) is 32.3 Å². The molecule has 1 heterocycles. The van der Waals surface area contributed by atoms with Gasteiger partial charge in [0, 0.05) is 12.6 Å². The Labute approximate surface area is 118 Å². The third kappa shape index (κ3) is 2.97. The summed E-state index contributed by atoms with van der Waals surface area (Å²) < 4.78 is 14.0. The van der Waals surface area contributed by atoms with Crippen molar-refractivity contribution < 1.29 is 9.18 Å². The second-order valence-corrected chi connectivity index (χ2v) is 5.28. The highest BCUT2D eigenvalue weighted by molar-refractivity contribution is 5.98. The summed E-state index contributed by atoms with van der Waals surface area (Å²) >= 11 is 0. The van der Waals surface area contributed by atoms with Crippen molar-refractivity contribution in [2.45, 2.75) is 38.8 Å². The molecule has 0 aliphatic carbocycles. The van der Waals surface area contributed by atoms with Crippen LogP contribution in [0.5, 0.6) is 0 Å². The van der Waals surface area contributed by atoms with E-state index in [9.17, 15) is 9.18 Å². The van der Waals surface area contributed by atoms with E-state index in [1.165, 1.54) is 23.1 Å². The van der Waals surface area contributed by atoms with E-state index in [1.807, 2.05) is 19.9 Å². The second kappa shape index (κ2) is 6.02. The molecule has 1 aromatic rings. The van der Waals surface area contributed by atoms with E-state index in [0.717, 1.165) is 12.8 Å². The fourth-order valence-electron chi connectivity index (χ4n) is 2.47. The largest absolute Gasteiger partial charge is 0.308 e. The molecule has 1 unspecified atom stereocenters. The quantitative estimate of drug-likeness (QED) is 0.920. The molecule has 0 radical (unpaired) electrons. The van der Waals surface area contributed by atoms with Gasteiger partial charge in [-0.15, -0.1) is 0 Å². The fourth-order valence-corrected chi connectivity index (χ4v) is 2.47. The number of carbonyl (C=O) groups is 1. The Bertz CT molecular complexity index is 551. The molecule has 1 N–H and O–H groups in total. The van der Waals surface area contributed by atoms with Gasteiger partial charge in [-0.1, -0.05) is 13.8 Å². The Morgan fingerprint density at radius 1 is 1.50 bits per heavy atom. The average Bonchev–Trinajstić information content (AvgIpc) is 2.41. The summed E-state index contributed by atoms with van der Waals surface area (Å²) in [6, 6.07) is 6.03. The van der Waals surface area contributed by atoms with Crippen molar-refractivity contribution in [1.29, 1.82) is 5.26 Å². The van der Waals surface area contributed by atoms with Crippen LogP contribution in [0.4, 0.5) is 10.1 Å². The zero-order chi connectivity index (χ0) is 14.7. The number of nitrogens with one attached hydrogen (secondary N) is 1. The van der Waals surface area contributed by atoms with Crippen LogP contribution >= 0.6 is 0 Å². The van der Waals surface area contributed by atoms with Crippen LogP contribution in [0.15, 0.2) is 18.2 Å². The van der Waals surface area contributed by atoms with E-state index in [4.69, 9.17) is 5.26 Å². The monoisotopic (exact) mass is 275 g/mol. The number of nitrogens with zero attached hydrogens (tertiary/aromatic N) is 2. The van der Waals surface area contributed by atoms with E-state index in [1.54, 1.807) is 0 Å². The van der Waals surface area contributed by atoms with E-state index < -0.39 is 5.82 Å². The molecule has 1 aliphatic heterocycles. The van der Waals surface area contributed by atoms with Crippen LogP contribution in [0, 0.1) is 17.1 Å². The third-order valence-electron chi connectivity index (χ3n) is 3.34. The lowest BCUT2D eigenvalue weighted by Crippen LogP contribution is -2.52. The van der Waals surface area contributed by atoms with E-state index in [0.29, 0.717) is 6.54 Å². The van der Waals surface area contributed by atoms with Crippen molar-refractivity contribution in [2.75, 3.05) is 11.4 Å². The molecule has 5 heteroatoms. The Kier molecular flexibility index (Phi) is 4.35. The van der Waals surface area contributed by atoms with Gasteiger partial charge in [0.25, 0.3) is 0 Å². The maximum absolute atomic E-state index is 14.0. The molecule has 1 amide bonds. The van der Waals surface area contributed by atoms with Crippen molar-refractivity contribution >= 4 is 11.6 Å². The van der Waals surface area contributed by atoms with Gasteiger partial charge in [0.05, 0.1) is 23.4 Å². The van der Waals surface area contributed by atoms with Crippen LogP contribution in [0.25, 0.3) is 0 Å². The molecule has 0 aromatic heterocycles. The minimum absolute atomic E-state index is 0.103. The Morgan fingerprint density at radius 2 is 2.25 bits per heavy atom. The molecule has 1 aliphatic rings. The first-order valence-electron chi connectivity index (χ1n) is 6.80. The minimum atomic E-state index is -0.525. The van der Waals surface area contributed by atoms with Crippen molar-refractivity contribution in [3.63, 3.8) is 0 Å².